The second kappa shape index (κ2) is 8.80. The van der Waals surface area contributed by atoms with Gasteiger partial charge in [0.1, 0.15) is 17.7 Å². The van der Waals surface area contributed by atoms with Gasteiger partial charge in [-0.3, -0.25) is 28.9 Å². The van der Waals surface area contributed by atoms with E-state index in [1.807, 2.05) is 37.3 Å². The highest BCUT2D eigenvalue weighted by Crippen LogP contribution is 2.35. The first-order chi connectivity index (χ1) is 16.9. The Morgan fingerprint density at radius 1 is 0.971 bits per heavy atom. The van der Waals surface area contributed by atoms with Crippen LogP contribution < -0.4 is 22.2 Å². The molecule has 0 radical (unpaired) electrons. The summed E-state index contributed by atoms with van der Waals surface area (Å²) in [5.41, 5.74) is 3.15. The predicted molar refractivity (Wildman–Crippen MR) is 137 cm³/mol. The molecule has 0 saturated heterocycles. The number of aryl methyl sites for hydroxylation is 1. The molecule has 0 unspecified atom stereocenters. The Morgan fingerprint density at radius 2 is 1.69 bits per heavy atom. The highest BCUT2D eigenvalue weighted by Gasteiger charge is 2.19. The number of nitrogens with one attached hydrogen (secondary N) is 1. The van der Waals surface area contributed by atoms with Gasteiger partial charge in [0.2, 0.25) is 0 Å². The monoisotopic (exact) mass is 487 g/mol. The fraction of sp³-hybridized carbons (Fsp3) is 0.160. The van der Waals surface area contributed by atoms with Gasteiger partial charge >= 0.3 is 5.69 Å². The molecule has 0 bridgehead atoms. The number of nitrogens with zero attached hydrogens (tertiary/aromatic N) is 4. The molecule has 2 aromatic carbocycles. The van der Waals surface area contributed by atoms with Crippen molar-refractivity contribution in [1.82, 2.24) is 18.8 Å². The van der Waals surface area contributed by atoms with Crippen LogP contribution in [0.4, 0.5) is 0 Å². The summed E-state index contributed by atoms with van der Waals surface area (Å²) in [6, 6.07) is 16.2. The zero-order chi connectivity index (χ0) is 24.7. The van der Waals surface area contributed by atoms with Gasteiger partial charge in [-0.05, 0) is 31.5 Å². The Morgan fingerprint density at radius 3 is 2.43 bits per heavy atom. The first kappa shape index (κ1) is 22.5. The number of rotatable bonds is 5. The van der Waals surface area contributed by atoms with E-state index in [9.17, 15) is 19.2 Å². The van der Waals surface area contributed by atoms with Gasteiger partial charge in [-0.25, -0.2) is 14.5 Å². The van der Waals surface area contributed by atoms with E-state index in [1.54, 1.807) is 31.2 Å². The molecule has 0 fully saturated rings. The van der Waals surface area contributed by atoms with Crippen molar-refractivity contribution in [2.24, 2.45) is 0 Å². The summed E-state index contributed by atoms with van der Waals surface area (Å²) in [6.07, 6.45) is 1.27. The largest absolute Gasteiger partial charge is 0.331 e. The molecule has 3 heterocycles. The number of benzene rings is 2. The van der Waals surface area contributed by atoms with Gasteiger partial charge in [0.05, 0.1) is 16.3 Å². The average Bonchev–Trinajstić information content (AvgIpc) is 3.21. The number of amides is 1. The van der Waals surface area contributed by atoms with Crippen molar-refractivity contribution in [2.75, 3.05) is 5.43 Å². The molecule has 0 spiro atoms. The van der Waals surface area contributed by atoms with Crippen LogP contribution in [0, 0.1) is 6.92 Å². The van der Waals surface area contributed by atoms with Crippen LogP contribution in [0.1, 0.15) is 11.8 Å². The Hall–Kier alpha value is -4.31. The van der Waals surface area contributed by atoms with Gasteiger partial charge < -0.3 is 0 Å². The third kappa shape index (κ3) is 3.77. The number of carbonyl (C=O) groups excluding carboxylic acids is 1. The molecule has 0 saturated carbocycles. The van der Waals surface area contributed by atoms with E-state index in [-0.39, 0.29) is 13.1 Å². The highest BCUT2D eigenvalue weighted by atomic mass is 32.1. The molecule has 176 valence electrons. The van der Waals surface area contributed by atoms with Crippen molar-refractivity contribution in [3.05, 3.63) is 97.0 Å². The predicted octanol–water partition coefficient (Wildman–Crippen LogP) is 2.70. The molecule has 9 nitrogen and oxygen atoms in total. The number of carbonyl (C=O) groups is 1. The molecular formula is C25H21N5O4S. The lowest BCUT2D eigenvalue weighted by molar-refractivity contribution is -0.117. The number of hydrogen-bond donors (Lipinski definition) is 1. The van der Waals surface area contributed by atoms with E-state index in [2.05, 4.69) is 10.4 Å². The van der Waals surface area contributed by atoms with Gasteiger partial charge in [-0.15, -0.1) is 11.3 Å². The number of aromatic nitrogens is 4. The van der Waals surface area contributed by atoms with Crippen LogP contribution in [0.25, 0.3) is 32.2 Å². The fourth-order valence-corrected chi connectivity index (χ4v) is 5.25. The third-order valence-corrected chi connectivity index (χ3v) is 6.86. The van der Waals surface area contributed by atoms with Crippen LogP contribution >= 0.6 is 11.3 Å². The van der Waals surface area contributed by atoms with E-state index >= 15 is 0 Å². The highest BCUT2D eigenvalue weighted by molar-refractivity contribution is 7.19. The molecular weight excluding hydrogens is 466 g/mol. The number of para-hydroxylation sites is 1. The molecule has 5 rings (SSSR count). The van der Waals surface area contributed by atoms with Crippen molar-refractivity contribution in [3.63, 3.8) is 0 Å². The van der Waals surface area contributed by atoms with Gasteiger partial charge in [-0.1, -0.05) is 42.5 Å². The minimum Gasteiger partial charge on any atom is -0.284 e. The standard InChI is InChI=1S/C25H21N5O4S/c1-3-28-23(32)17-11-7-8-12-18(17)29(25(28)34)13-19(31)27-30-14-26-22-21(24(30)33)20(15(2)35-22)16-9-5-4-6-10-16/h4-12,14H,3,13H2,1-2H3,(H,27,31). The van der Waals surface area contributed by atoms with Crippen LogP contribution in [0.2, 0.25) is 0 Å². The first-order valence-corrected chi connectivity index (χ1v) is 11.8. The summed E-state index contributed by atoms with van der Waals surface area (Å²) >= 11 is 1.41. The average molecular weight is 488 g/mol. The Kier molecular flexibility index (Phi) is 5.65. The summed E-state index contributed by atoms with van der Waals surface area (Å²) in [5.74, 6) is -0.602. The SMILES string of the molecule is CCn1c(=O)c2ccccc2n(CC(=O)Nn2cnc3sc(C)c(-c4ccccc4)c3c2=O)c1=O. The molecule has 0 aliphatic heterocycles. The lowest BCUT2D eigenvalue weighted by Crippen LogP contribution is -2.43. The van der Waals surface area contributed by atoms with Crippen LogP contribution in [0.3, 0.4) is 0 Å². The summed E-state index contributed by atoms with van der Waals surface area (Å²) in [6.45, 7) is 3.41. The van der Waals surface area contributed by atoms with Gasteiger partial charge in [0, 0.05) is 17.0 Å². The van der Waals surface area contributed by atoms with E-state index < -0.39 is 22.7 Å². The quantitative estimate of drug-likeness (QED) is 0.410. The second-order valence-electron chi connectivity index (χ2n) is 7.97. The van der Waals surface area contributed by atoms with E-state index in [0.29, 0.717) is 21.1 Å². The molecule has 0 aliphatic carbocycles. The van der Waals surface area contributed by atoms with Crippen molar-refractivity contribution in [3.8, 4) is 11.1 Å². The second-order valence-corrected chi connectivity index (χ2v) is 9.17. The van der Waals surface area contributed by atoms with Gasteiger partial charge in [0.25, 0.3) is 17.0 Å². The molecule has 0 aliphatic rings. The van der Waals surface area contributed by atoms with Crippen LogP contribution in [-0.2, 0) is 17.9 Å². The molecule has 0 atom stereocenters. The summed E-state index contributed by atoms with van der Waals surface area (Å²) in [7, 11) is 0. The fourth-order valence-electron chi connectivity index (χ4n) is 4.25. The van der Waals surface area contributed by atoms with Crippen LogP contribution in [-0.4, -0.2) is 24.7 Å². The van der Waals surface area contributed by atoms with Crippen molar-refractivity contribution >= 4 is 38.4 Å². The van der Waals surface area contributed by atoms with E-state index in [1.165, 1.54) is 22.2 Å². The summed E-state index contributed by atoms with van der Waals surface area (Å²) < 4.78 is 3.35. The minimum atomic E-state index is -0.602. The maximum absolute atomic E-state index is 13.3. The normalized spacial score (nSPS) is 11.3. The van der Waals surface area contributed by atoms with Gasteiger partial charge in [0.15, 0.2) is 0 Å². The number of hydrogen-bond acceptors (Lipinski definition) is 6. The first-order valence-electron chi connectivity index (χ1n) is 11.0. The maximum Gasteiger partial charge on any atom is 0.331 e. The molecule has 10 heteroatoms. The van der Waals surface area contributed by atoms with Crippen molar-refractivity contribution < 1.29 is 4.79 Å². The zero-order valence-corrected chi connectivity index (χ0v) is 19.8. The zero-order valence-electron chi connectivity index (χ0n) is 19.0. The van der Waals surface area contributed by atoms with Crippen molar-refractivity contribution in [2.45, 2.75) is 26.9 Å². The lowest BCUT2D eigenvalue weighted by atomic mass is 10.0. The molecule has 3 aromatic heterocycles. The number of thiophene rings is 1. The lowest BCUT2D eigenvalue weighted by Gasteiger charge is -2.14. The van der Waals surface area contributed by atoms with E-state index in [0.717, 1.165) is 25.2 Å². The molecule has 5 aromatic rings. The number of fused-ring (bicyclic) bond motifs is 2. The van der Waals surface area contributed by atoms with Crippen molar-refractivity contribution in [1.29, 1.82) is 0 Å². The van der Waals surface area contributed by atoms with Gasteiger partial charge in [-0.2, -0.15) is 0 Å². The molecule has 1 amide bonds. The summed E-state index contributed by atoms with van der Waals surface area (Å²) in [4.78, 5) is 57.8. The van der Waals surface area contributed by atoms with E-state index in [4.69, 9.17) is 0 Å². The third-order valence-electron chi connectivity index (χ3n) is 5.85. The van der Waals surface area contributed by atoms with Crippen LogP contribution in [0.15, 0.2) is 75.3 Å². The topological polar surface area (TPSA) is 108 Å². The maximum atomic E-state index is 13.3. The Bertz CT molecular complexity index is 1780. The summed E-state index contributed by atoms with van der Waals surface area (Å²) in [5, 5.41) is 0.756. The molecule has 35 heavy (non-hydrogen) atoms. The minimum absolute atomic E-state index is 0.171. The van der Waals surface area contributed by atoms with Crippen LogP contribution in [0.5, 0.6) is 0 Å². The smallest absolute Gasteiger partial charge is 0.284 e. The Balaban J connectivity index is 1.55. The Labute approximate surface area is 202 Å². The molecule has 1 N–H and O–H groups in total.